The summed E-state index contributed by atoms with van der Waals surface area (Å²) in [5, 5.41) is 11.6. The highest BCUT2D eigenvalue weighted by atomic mass is 31.1. The van der Waals surface area contributed by atoms with Crippen molar-refractivity contribution in [1.29, 1.82) is 0 Å². The van der Waals surface area contributed by atoms with Crippen LogP contribution >= 0.6 is 8.03 Å². The molecule has 0 heterocycles. The fourth-order valence-electron chi connectivity index (χ4n) is 3.43. The first-order chi connectivity index (χ1) is 16.3. The van der Waals surface area contributed by atoms with Gasteiger partial charge in [0.1, 0.15) is 6.04 Å². The Kier molecular flexibility index (Phi) is 9.05. The SMILES string of the molecule is C[C@H](NC(=O)C(Cc1ccc(-c2ccccc2)cc1)C[P+](=O)OC(N)c1ccccc1)C(=O)O. The average Bonchev–Trinajstić information content (AvgIpc) is 2.85. The number of hydrogen-bond acceptors (Lipinski definition) is 5. The second-order valence-corrected chi connectivity index (χ2v) is 9.23. The van der Waals surface area contributed by atoms with Crippen LogP contribution in [0.1, 0.15) is 24.3 Å². The van der Waals surface area contributed by atoms with Crippen LogP contribution in [0, 0.1) is 5.92 Å². The summed E-state index contributed by atoms with van der Waals surface area (Å²) in [5.74, 6) is -2.40. The molecule has 0 aliphatic rings. The minimum atomic E-state index is -2.28. The van der Waals surface area contributed by atoms with Gasteiger partial charge in [-0.15, -0.1) is 4.52 Å². The Bertz CT molecular complexity index is 1110. The molecule has 7 nitrogen and oxygen atoms in total. The zero-order chi connectivity index (χ0) is 24.5. The van der Waals surface area contributed by atoms with Crippen molar-refractivity contribution in [3.05, 3.63) is 96.1 Å². The van der Waals surface area contributed by atoms with E-state index in [9.17, 15) is 14.2 Å². The van der Waals surface area contributed by atoms with Crippen LogP contribution in [0.5, 0.6) is 0 Å². The molecule has 0 fully saturated rings. The topological polar surface area (TPSA) is 119 Å². The highest BCUT2D eigenvalue weighted by molar-refractivity contribution is 7.39. The van der Waals surface area contributed by atoms with E-state index >= 15 is 0 Å². The number of carboxylic acid groups (broad SMARTS) is 1. The van der Waals surface area contributed by atoms with Crippen LogP contribution in [-0.2, 0) is 25.1 Å². The van der Waals surface area contributed by atoms with E-state index < -0.39 is 38.1 Å². The number of aliphatic carboxylic acids is 1. The Labute approximate surface area is 199 Å². The third-order valence-electron chi connectivity index (χ3n) is 5.37. The van der Waals surface area contributed by atoms with Crippen LogP contribution in [0.2, 0.25) is 0 Å². The van der Waals surface area contributed by atoms with E-state index in [1.54, 1.807) is 24.3 Å². The van der Waals surface area contributed by atoms with Gasteiger partial charge in [-0.3, -0.25) is 15.3 Å². The molecule has 3 unspecified atom stereocenters. The zero-order valence-electron chi connectivity index (χ0n) is 18.8. The van der Waals surface area contributed by atoms with E-state index in [0.29, 0.717) is 5.56 Å². The molecule has 0 radical (unpaired) electrons. The molecule has 0 aliphatic carbocycles. The molecule has 1 amide bonds. The van der Waals surface area contributed by atoms with Gasteiger partial charge in [0.2, 0.25) is 5.91 Å². The van der Waals surface area contributed by atoms with Gasteiger partial charge in [0, 0.05) is 5.56 Å². The van der Waals surface area contributed by atoms with Gasteiger partial charge in [0.15, 0.2) is 12.4 Å². The summed E-state index contributed by atoms with van der Waals surface area (Å²) in [7, 11) is -2.28. The van der Waals surface area contributed by atoms with E-state index in [4.69, 9.17) is 15.4 Å². The number of carboxylic acids is 1. The third-order valence-corrected chi connectivity index (χ3v) is 6.57. The van der Waals surface area contributed by atoms with Crippen molar-refractivity contribution in [3.63, 3.8) is 0 Å². The average molecular weight is 479 g/mol. The Balaban J connectivity index is 1.71. The largest absolute Gasteiger partial charge is 0.510 e. The Morgan fingerprint density at radius 1 is 0.941 bits per heavy atom. The van der Waals surface area contributed by atoms with Gasteiger partial charge < -0.3 is 10.4 Å². The molecule has 3 aromatic rings. The molecule has 8 heteroatoms. The lowest BCUT2D eigenvalue weighted by molar-refractivity contribution is -0.141. The first-order valence-corrected chi connectivity index (χ1v) is 12.3. The molecule has 0 saturated carbocycles. The van der Waals surface area contributed by atoms with E-state index in [0.717, 1.165) is 16.7 Å². The van der Waals surface area contributed by atoms with Crippen molar-refractivity contribution < 1.29 is 23.8 Å². The van der Waals surface area contributed by atoms with E-state index in [1.807, 2.05) is 60.7 Å². The monoisotopic (exact) mass is 479 g/mol. The van der Waals surface area contributed by atoms with Crippen LogP contribution in [-0.4, -0.2) is 29.2 Å². The van der Waals surface area contributed by atoms with Gasteiger partial charge in [-0.1, -0.05) is 84.9 Å². The van der Waals surface area contributed by atoms with Gasteiger partial charge in [-0.25, -0.2) is 0 Å². The molecule has 3 aromatic carbocycles. The molecular weight excluding hydrogens is 451 g/mol. The molecule has 4 atom stereocenters. The lowest BCUT2D eigenvalue weighted by atomic mass is 9.97. The number of benzene rings is 3. The highest BCUT2D eigenvalue weighted by Crippen LogP contribution is 2.33. The van der Waals surface area contributed by atoms with Crippen molar-refractivity contribution >= 4 is 19.9 Å². The summed E-state index contributed by atoms with van der Waals surface area (Å²) in [6.45, 7) is 1.38. The zero-order valence-corrected chi connectivity index (χ0v) is 19.7. The number of rotatable bonds is 11. The minimum absolute atomic E-state index is 0.0888. The Hall–Kier alpha value is -3.38. The van der Waals surface area contributed by atoms with E-state index in [1.165, 1.54) is 6.92 Å². The van der Waals surface area contributed by atoms with Crippen molar-refractivity contribution in [3.8, 4) is 11.1 Å². The summed E-state index contributed by atoms with van der Waals surface area (Å²) in [6.07, 6.45) is -0.705. The number of carbonyl (C=O) groups excluding carboxylic acids is 1. The smallest absolute Gasteiger partial charge is 0.480 e. The molecule has 0 aliphatic heterocycles. The van der Waals surface area contributed by atoms with Gasteiger partial charge >= 0.3 is 14.0 Å². The Morgan fingerprint density at radius 2 is 1.50 bits per heavy atom. The number of hydrogen-bond donors (Lipinski definition) is 3. The molecule has 0 spiro atoms. The van der Waals surface area contributed by atoms with Crippen LogP contribution in [0.4, 0.5) is 0 Å². The summed E-state index contributed by atoms with van der Waals surface area (Å²) in [5.41, 5.74) is 9.65. The van der Waals surface area contributed by atoms with Crippen LogP contribution in [0.3, 0.4) is 0 Å². The molecule has 3 rings (SSSR count). The van der Waals surface area contributed by atoms with Gasteiger partial charge in [0.05, 0.1) is 5.92 Å². The maximum absolute atomic E-state index is 12.9. The van der Waals surface area contributed by atoms with Gasteiger partial charge in [-0.05, 0) is 34.6 Å². The molecule has 0 bridgehead atoms. The van der Waals surface area contributed by atoms with E-state index in [2.05, 4.69) is 5.32 Å². The number of nitrogens with two attached hydrogens (primary N) is 1. The summed E-state index contributed by atoms with van der Waals surface area (Å²) >= 11 is 0. The van der Waals surface area contributed by atoms with Crippen LogP contribution in [0.15, 0.2) is 84.9 Å². The second kappa shape index (κ2) is 12.2. The molecule has 0 aromatic heterocycles. The minimum Gasteiger partial charge on any atom is -0.480 e. The maximum atomic E-state index is 12.9. The lowest BCUT2D eigenvalue weighted by Crippen LogP contribution is -2.43. The number of nitrogens with one attached hydrogen (secondary N) is 1. The van der Waals surface area contributed by atoms with Crippen LogP contribution < -0.4 is 11.1 Å². The standard InChI is InChI=1S/C26H27N2O5P/c1-18(26(30)31)28-25(29)23(17-34(32)33-24(27)22-10-6-3-7-11-22)16-19-12-14-21(15-13-19)20-8-4-2-5-9-20/h2-15,18,23-24H,16-17,27H2,1H3,(H-,28,29,30,31)/p+1/t18-,23?,24?/m0/s1. The summed E-state index contributed by atoms with van der Waals surface area (Å²) < 4.78 is 18.2. The molecule has 0 saturated heterocycles. The molecule has 4 N–H and O–H groups in total. The van der Waals surface area contributed by atoms with Crippen molar-refractivity contribution in [2.45, 2.75) is 25.6 Å². The predicted molar refractivity (Wildman–Crippen MR) is 131 cm³/mol. The molecule has 34 heavy (non-hydrogen) atoms. The number of carbonyl (C=O) groups is 2. The van der Waals surface area contributed by atoms with Crippen molar-refractivity contribution in [1.82, 2.24) is 5.32 Å². The second-order valence-electron chi connectivity index (χ2n) is 7.98. The van der Waals surface area contributed by atoms with Crippen molar-refractivity contribution in [2.24, 2.45) is 11.7 Å². The normalized spacial score (nSPS) is 14.0. The third kappa shape index (κ3) is 7.32. The fraction of sp³-hybridized carbons (Fsp3) is 0.231. The lowest BCUT2D eigenvalue weighted by Gasteiger charge is -2.16. The predicted octanol–water partition coefficient (Wildman–Crippen LogP) is 4.52. The maximum Gasteiger partial charge on any atom is 0.510 e. The van der Waals surface area contributed by atoms with Crippen LogP contribution in [0.25, 0.3) is 11.1 Å². The molecule has 176 valence electrons. The first kappa shape index (κ1) is 25.2. The highest BCUT2D eigenvalue weighted by Gasteiger charge is 2.34. The Morgan fingerprint density at radius 3 is 2.09 bits per heavy atom. The summed E-state index contributed by atoms with van der Waals surface area (Å²) in [6, 6.07) is 25.5. The van der Waals surface area contributed by atoms with Gasteiger partial charge in [-0.2, -0.15) is 0 Å². The van der Waals surface area contributed by atoms with Gasteiger partial charge in [0.25, 0.3) is 0 Å². The van der Waals surface area contributed by atoms with E-state index in [-0.39, 0.29) is 12.6 Å². The first-order valence-electron chi connectivity index (χ1n) is 10.9. The fourth-order valence-corrected chi connectivity index (χ4v) is 4.55. The number of amides is 1. The van der Waals surface area contributed by atoms with Crippen molar-refractivity contribution in [2.75, 3.05) is 6.16 Å². The quantitative estimate of drug-likeness (QED) is 0.275. The summed E-state index contributed by atoms with van der Waals surface area (Å²) in [4.78, 5) is 24.1. The molecular formula is C26H28N2O5P+.